The van der Waals surface area contributed by atoms with Gasteiger partial charge in [-0.2, -0.15) is 5.26 Å². The SMILES string of the molecule is N#Cc1ccc2cc(-c3ccc4cc(N(c5ccc(C6=CC(=N)C(=NS)C=C6)cc5)c5ccc(C6=CC(=NS)C(=N)C=C6)cc5)ccc4c3)ccc2c1. The predicted octanol–water partition coefficient (Wildman–Crippen LogP) is 11.5. The maximum Gasteiger partial charge on any atom is 0.0991 e. The van der Waals surface area contributed by atoms with Gasteiger partial charge in [-0.15, -0.1) is 0 Å². The third-order valence-electron chi connectivity index (χ3n) is 9.51. The first-order valence-corrected chi connectivity index (χ1v) is 17.6. The molecule has 8 rings (SSSR count). The molecule has 0 spiro atoms. The lowest BCUT2D eigenvalue weighted by atomic mass is 9.96. The Balaban J connectivity index is 1.16. The second kappa shape index (κ2) is 14.2. The molecule has 2 aliphatic rings. The van der Waals surface area contributed by atoms with Crippen LogP contribution in [-0.4, -0.2) is 22.8 Å². The molecule has 0 radical (unpaired) electrons. The van der Waals surface area contributed by atoms with Gasteiger partial charge in [0.1, 0.15) is 0 Å². The maximum atomic E-state index is 9.29. The molecule has 0 atom stereocenters. The van der Waals surface area contributed by atoms with E-state index in [4.69, 9.17) is 10.8 Å². The second-order valence-electron chi connectivity index (χ2n) is 12.7. The molecule has 0 saturated heterocycles. The highest BCUT2D eigenvalue weighted by atomic mass is 32.1. The zero-order chi connectivity index (χ0) is 36.5. The molecule has 0 heterocycles. The summed E-state index contributed by atoms with van der Waals surface area (Å²) in [5, 5.41) is 30.1. The molecule has 0 unspecified atom stereocenters. The number of nitriles is 1. The standard InChI is InChI=1S/C45H30N6S2/c46-27-28-1-2-32-22-33(4-3-31(32)21-28)34-5-6-36-24-41(18-11-35(36)23-34)51(39-14-7-29(8-15-39)37-13-20-44(49-52)43(48)25-37)40-16-9-30(10-17-40)38-12-19-42(47)45(26-38)50-53/h1-26,47-48,52-53H. The number of hydrogen-bond acceptors (Lipinski definition) is 8. The molecule has 0 bridgehead atoms. The Hall–Kier alpha value is -6.53. The van der Waals surface area contributed by atoms with Crippen LogP contribution in [0.4, 0.5) is 17.1 Å². The molecule has 0 saturated carbocycles. The van der Waals surface area contributed by atoms with Gasteiger partial charge in [0.25, 0.3) is 0 Å². The smallest absolute Gasteiger partial charge is 0.0991 e. The normalized spacial score (nSPS) is 15.6. The van der Waals surface area contributed by atoms with Crippen molar-refractivity contribution in [3.8, 4) is 17.2 Å². The monoisotopic (exact) mass is 718 g/mol. The van der Waals surface area contributed by atoms with Crippen LogP contribution in [0.1, 0.15) is 16.7 Å². The lowest BCUT2D eigenvalue weighted by molar-refractivity contribution is 1.28. The van der Waals surface area contributed by atoms with Gasteiger partial charge in [-0.05, 0) is 166 Å². The Kier molecular flexibility index (Phi) is 9.03. The highest BCUT2D eigenvalue weighted by Crippen LogP contribution is 2.38. The van der Waals surface area contributed by atoms with Crippen molar-refractivity contribution in [1.29, 1.82) is 16.1 Å². The summed E-state index contributed by atoms with van der Waals surface area (Å²) in [6.45, 7) is 0. The van der Waals surface area contributed by atoms with Gasteiger partial charge in [0.15, 0.2) is 0 Å². The molecule has 252 valence electrons. The van der Waals surface area contributed by atoms with Crippen molar-refractivity contribution >= 4 is 98.2 Å². The number of rotatable bonds is 6. The molecule has 53 heavy (non-hydrogen) atoms. The summed E-state index contributed by atoms with van der Waals surface area (Å²) in [5.41, 5.74) is 11.5. The zero-order valence-corrected chi connectivity index (χ0v) is 30.0. The van der Waals surface area contributed by atoms with Crippen LogP contribution < -0.4 is 4.90 Å². The van der Waals surface area contributed by atoms with Crippen molar-refractivity contribution in [2.75, 3.05) is 4.90 Å². The Labute approximate surface area is 318 Å². The number of nitrogens with zero attached hydrogens (tertiary/aromatic N) is 4. The summed E-state index contributed by atoms with van der Waals surface area (Å²) < 4.78 is 7.84. The topological polar surface area (TPSA) is 99.4 Å². The van der Waals surface area contributed by atoms with Crippen LogP contribution in [0.3, 0.4) is 0 Å². The van der Waals surface area contributed by atoms with Crippen molar-refractivity contribution in [3.63, 3.8) is 0 Å². The van der Waals surface area contributed by atoms with Gasteiger partial charge in [-0.25, -0.2) is 8.80 Å². The van der Waals surface area contributed by atoms with E-state index in [1.807, 2.05) is 42.5 Å². The highest BCUT2D eigenvalue weighted by Gasteiger charge is 2.17. The van der Waals surface area contributed by atoms with Crippen molar-refractivity contribution in [2.24, 2.45) is 8.80 Å². The largest absolute Gasteiger partial charge is 0.310 e. The second-order valence-corrected chi connectivity index (χ2v) is 13.1. The van der Waals surface area contributed by atoms with Gasteiger partial charge in [0, 0.05) is 17.1 Å². The van der Waals surface area contributed by atoms with E-state index >= 15 is 0 Å². The summed E-state index contributed by atoms with van der Waals surface area (Å²) in [6, 6.07) is 44.2. The van der Waals surface area contributed by atoms with Crippen LogP contribution in [0.25, 0.3) is 43.8 Å². The van der Waals surface area contributed by atoms with Crippen molar-refractivity contribution in [1.82, 2.24) is 0 Å². The summed E-state index contributed by atoms with van der Waals surface area (Å²) in [4.78, 5) is 2.24. The fourth-order valence-electron chi connectivity index (χ4n) is 6.70. The predicted molar refractivity (Wildman–Crippen MR) is 229 cm³/mol. The zero-order valence-electron chi connectivity index (χ0n) is 28.2. The minimum atomic E-state index is 0.324. The molecular weight excluding hydrogens is 689 g/mol. The lowest BCUT2D eigenvalue weighted by Gasteiger charge is -2.26. The Bertz CT molecular complexity index is 2730. The summed E-state index contributed by atoms with van der Waals surface area (Å²) in [6.07, 6.45) is 11.1. The van der Waals surface area contributed by atoms with Gasteiger partial charge in [0.2, 0.25) is 0 Å². The number of hydrogen-bond donors (Lipinski definition) is 4. The first kappa shape index (κ1) is 33.6. The number of fused-ring (bicyclic) bond motifs is 2. The molecule has 2 N–H and O–H groups in total. The van der Waals surface area contributed by atoms with Gasteiger partial charge in [0.05, 0.1) is 34.5 Å². The molecule has 6 aromatic rings. The number of nitrogens with one attached hydrogen (secondary N) is 2. The summed E-state index contributed by atoms with van der Waals surface area (Å²) >= 11 is 8.03. The maximum absolute atomic E-state index is 9.29. The van der Waals surface area contributed by atoms with Gasteiger partial charge in [-0.1, -0.05) is 72.8 Å². The Morgan fingerprint density at radius 3 is 1.55 bits per heavy atom. The van der Waals surface area contributed by atoms with Crippen molar-refractivity contribution in [2.45, 2.75) is 0 Å². The lowest BCUT2D eigenvalue weighted by Crippen LogP contribution is -2.12. The molecule has 0 fully saturated rings. The molecule has 0 aromatic heterocycles. The van der Waals surface area contributed by atoms with Crippen LogP contribution in [-0.2, 0) is 0 Å². The third kappa shape index (κ3) is 6.67. The van der Waals surface area contributed by atoms with Crippen LogP contribution in [0.15, 0.2) is 167 Å². The average Bonchev–Trinajstić information content (AvgIpc) is 3.21. The minimum absolute atomic E-state index is 0.324. The molecule has 8 heteroatoms. The van der Waals surface area contributed by atoms with E-state index in [1.54, 1.807) is 12.2 Å². The summed E-state index contributed by atoms with van der Waals surface area (Å²) in [7, 11) is 0. The van der Waals surface area contributed by atoms with E-state index in [0.29, 0.717) is 28.4 Å². The first-order valence-electron chi connectivity index (χ1n) is 16.8. The minimum Gasteiger partial charge on any atom is -0.310 e. The fraction of sp³-hybridized carbons (Fsp3) is 0. The molecule has 6 nitrogen and oxygen atoms in total. The molecule has 0 aliphatic heterocycles. The number of allylic oxidation sites excluding steroid dienone is 8. The summed E-state index contributed by atoms with van der Waals surface area (Å²) in [5.74, 6) is 0. The molecular formula is C45H30N6S2. The van der Waals surface area contributed by atoms with Crippen LogP contribution in [0.2, 0.25) is 0 Å². The third-order valence-corrected chi connectivity index (χ3v) is 9.94. The van der Waals surface area contributed by atoms with Crippen molar-refractivity contribution < 1.29 is 0 Å². The van der Waals surface area contributed by atoms with E-state index in [-0.39, 0.29) is 0 Å². The number of benzene rings is 6. The van der Waals surface area contributed by atoms with E-state index in [1.165, 1.54) is 0 Å². The highest BCUT2D eigenvalue weighted by molar-refractivity contribution is 7.79. The molecule has 6 aromatic carbocycles. The van der Waals surface area contributed by atoms with E-state index < -0.39 is 0 Å². The fourth-order valence-corrected chi connectivity index (χ4v) is 7.04. The quantitative estimate of drug-likeness (QED) is 0.102. The van der Waals surface area contributed by atoms with Gasteiger partial charge < -0.3 is 4.90 Å². The van der Waals surface area contributed by atoms with Crippen molar-refractivity contribution in [3.05, 3.63) is 174 Å². The number of anilines is 3. The van der Waals surface area contributed by atoms with Crippen LogP contribution in [0, 0.1) is 22.1 Å². The van der Waals surface area contributed by atoms with Crippen LogP contribution >= 0.6 is 25.6 Å². The first-order chi connectivity index (χ1) is 25.9. The van der Waals surface area contributed by atoms with E-state index in [9.17, 15) is 5.26 Å². The Morgan fingerprint density at radius 1 is 0.472 bits per heavy atom. The average molecular weight is 719 g/mol. The number of thiol groups is 2. The molecule has 2 aliphatic carbocycles. The van der Waals surface area contributed by atoms with E-state index in [0.717, 1.165) is 72.0 Å². The van der Waals surface area contributed by atoms with Gasteiger partial charge in [-0.3, -0.25) is 10.8 Å². The Morgan fingerprint density at radius 2 is 0.962 bits per heavy atom. The molecule has 0 amide bonds. The van der Waals surface area contributed by atoms with E-state index in [2.05, 4.69) is 149 Å². The van der Waals surface area contributed by atoms with Crippen LogP contribution in [0.5, 0.6) is 0 Å². The van der Waals surface area contributed by atoms with Gasteiger partial charge >= 0.3 is 0 Å².